The van der Waals surface area contributed by atoms with Crippen molar-refractivity contribution in [3.05, 3.63) is 72.0 Å². The van der Waals surface area contributed by atoms with Crippen LogP contribution < -0.4 is 10.5 Å². The summed E-state index contributed by atoms with van der Waals surface area (Å²) in [7, 11) is 3.12. The second-order valence-corrected chi connectivity index (χ2v) is 9.80. The van der Waals surface area contributed by atoms with Gasteiger partial charge < -0.3 is 15.4 Å². The number of fused-ring (bicyclic) bond motifs is 1. The van der Waals surface area contributed by atoms with Gasteiger partial charge in [0.1, 0.15) is 12.1 Å². The monoisotopic (exact) mass is 571 g/mol. The van der Waals surface area contributed by atoms with Gasteiger partial charge in [-0.25, -0.2) is 14.4 Å². The fourth-order valence-electron chi connectivity index (χ4n) is 5.00. The Morgan fingerprint density at radius 1 is 1.17 bits per heavy atom. The number of aromatic nitrogens is 7. The van der Waals surface area contributed by atoms with Gasteiger partial charge in [0.2, 0.25) is 5.82 Å². The number of nitrogen functional groups attached to an aromatic ring is 1. The molecule has 1 atom stereocenters. The van der Waals surface area contributed by atoms with E-state index in [1.54, 1.807) is 42.5 Å². The fraction of sp³-hybridized carbons (Fsp3) is 0.276. The molecule has 3 N–H and O–H groups in total. The van der Waals surface area contributed by atoms with Crippen LogP contribution in [0.2, 0.25) is 0 Å². The van der Waals surface area contributed by atoms with E-state index in [4.69, 9.17) is 15.5 Å². The summed E-state index contributed by atoms with van der Waals surface area (Å²) in [6, 6.07) is 8.13. The summed E-state index contributed by atoms with van der Waals surface area (Å²) in [5, 5.41) is 10.8. The third-order valence-electron chi connectivity index (χ3n) is 7.30. The quantitative estimate of drug-likeness (QED) is 0.237. The van der Waals surface area contributed by atoms with Gasteiger partial charge in [0.15, 0.2) is 23.0 Å². The SMILES string of the molecule is CC[C@H](CCc1nc2c(-c3ccc(-c4ccc(OC)c(F)c4)nc3)cnn2c(N)c1C(C)=O)N(C)C(=O)c1ncn[nH]1. The summed E-state index contributed by atoms with van der Waals surface area (Å²) >= 11 is 0. The van der Waals surface area contributed by atoms with Crippen LogP contribution in [0.4, 0.5) is 10.2 Å². The van der Waals surface area contributed by atoms with Gasteiger partial charge in [0.25, 0.3) is 5.91 Å². The summed E-state index contributed by atoms with van der Waals surface area (Å²) in [6.45, 7) is 3.42. The standard InChI is InChI=1S/C29H30FN9O3/c1-5-19(38(3)29(41)27-33-15-34-37-27)8-10-23-25(16(2)40)26(31)39-28(36-23)20(14-35-39)18-6-9-22(32-13-18)17-7-11-24(42-4)21(30)12-17/h6-7,9,11-15,19H,5,8,10,31H2,1-4H3,(H,33,34,37)/t19-/m1/s1. The van der Waals surface area contributed by atoms with Gasteiger partial charge in [-0.15, -0.1) is 0 Å². The number of anilines is 1. The Morgan fingerprint density at radius 2 is 1.95 bits per heavy atom. The number of halogens is 1. The second kappa shape index (κ2) is 11.7. The van der Waals surface area contributed by atoms with Crippen LogP contribution in [0.15, 0.2) is 49.1 Å². The number of carbonyl (C=O) groups is 2. The lowest BCUT2D eigenvalue weighted by atomic mass is 10.0. The van der Waals surface area contributed by atoms with Crippen LogP contribution >= 0.6 is 0 Å². The number of ether oxygens (including phenoxy) is 1. The van der Waals surface area contributed by atoms with Crippen LogP contribution in [0.25, 0.3) is 28.0 Å². The molecule has 5 aromatic rings. The fourth-order valence-corrected chi connectivity index (χ4v) is 5.00. The van der Waals surface area contributed by atoms with Crippen LogP contribution in [0.3, 0.4) is 0 Å². The maximum atomic E-state index is 14.2. The molecule has 13 heteroatoms. The third kappa shape index (κ3) is 5.28. The molecular weight excluding hydrogens is 541 g/mol. The molecule has 0 saturated heterocycles. The molecule has 0 aliphatic heterocycles. The number of nitrogens with zero attached hydrogens (tertiary/aromatic N) is 7. The van der Waals surface area contributed by atoms with Crippen molar-refractivity contribution in [3.63, 3.8) is 0 Å². The molecule has 216 valence electrons. The molecule has 4 aromatic heterocycles. The number of hydrogen-bond acceptors (Lipinski definition) is 9. The number of methoxy groups -OCH3 is 1. The lowest BCUT2D eigenvalue weighted by molar-refractivity contribution is 0.0707. The number of nitrogens with two attached hydrogens (primary N) is 1. The maximum absolute atomic E-state index is 14.2. The maximum Gasteiger partial charge on any atom is 0.291 e. The zero-order valence-corrected chi connectivity index (χ0v) is 23.6. The summed E-state index contributed by atoms with van der Waals surface area (Å²) in [6.07, 6.45) is 6.17. The normalized spacial score (nSPS) is 11.9. The average molecular weight is 572 g/mol. The van der Waals surface area contributed by atoms with Gasteiger partial charge >= 0.3 is 0 Å². The van der Waals surface area contributed by atoms with Crippen molar-refractivity contribution in [2.75, 3.05) is 19.9 Å². The van der Waals surface area contributed by atoms with E-state index in [1.807, 2.05) is 13.0 Å². The molecule has 1 amide bonds. The number of carbonyl (C=O) groups excluding carboxylic acids is 2. The van der Waals surface area contributed by atoms with Crippen molar-refractivity contribution in [1.29, 1.82) is 0 Å². The number of hydrogen-bond donors (Lipinski definition) is 2. The second-order valence-electron chi connectivity index (χ2n) is 9.80. The largest absolute Gasteiger partial charge is 0.494 e. The predicted octanol–water partition coefficient (Wildman–Crippen LogP) is 3.99. The highest BCUT2D eigenvalue weighted by atomic mass is 19.1. The number of ketones is 1. The molecule has 0 radical (unpaired) electrons. The molecule has 0 aliphatic carbocycles. The lowest BCUT2D eigenvalue weighted by Gasteiger charge is -2.26. The highest BCUT2D eigenvalue weighted by molar-refractivity contribution is 6.00. The van der Waals surface area contributed by atoms with Crippen LogP contribution in [0.1, 0.15) is 53.4 Å². The number of rotatable bonds is 10. The Balaban J connectivity index is 1.45. The van der Waals surface area contributed by atoms with Gasteiger partial charge in [0.05, 0.1) is 30.3 Å². The summed E-state index contributed by atoms with van der Waals surface area (Å²) < 4.78 is 20.7. The first-order valence-electron chi connectivity index (χ1n) is 13.3. The Hall–Kier alpha value is -5.20. The first-order chi connectivity index (χ1) is 20.2. The molecular formula is C29H30FN9O3. The number of aryl methyl sites for hydroxylation is 1. The van der Waals surface area contributed by atoms with Crippen LogP contribution in [0.5, 0.6) is 5.75 Å². The van der Waals surface area contributed by atoms with Crippen molar-refractivity contribution >= 4 is 23.2 Å². The number of pyridine rings is 1. The molecule has 12 nitrogen and oxygen atoms in total. The van der Waals surface area contributed by atoms with E-state index in [2.05, 4.69) is 25.3 Å². The predicted molar refractivity (Wildman–Crippen MR) is 153 cm³/mol. The summed E-state index contributed by atoms with van der Waals surface area (Å²) in [5.41, 5.74) is 10.3. The van der Waals surface area contributed by atoms with Gasteiger partial charge in [-0.3, -0.25) is 19.7 Å². The molecule has 42 heavy (non-hydrogen) atoms. The number of H-pyrrole nitrogens is 1. The van der Waals surface area contributed by atoms with Gasteiger partial charge in [0, 0.05) is 36.0 Å². The van der Waals surface area contributed by atoms with Crippen molar-refractivity contribution < 1.29 is 18.7 Å². The van der Waals surface area contributed by atoms with E-state index in [-0.39, 0.29) is 35.1 Å². The summed E-state index contributed by atoms with van der Waals surface area (Å²) in [5.74, 6) is -0.484. The lowest BCUT2D eigenvalue weighted by Crippen LogP contribution is -2.37. The minimum atomic E-state index is -0.476. The van der Waals surface area contributed by atoms with E-state index in [0.29, 0.717) is 53.0 Å². The number of Topliss-reactive ketones (excluding diaryl/α,β-unsaturated/α-hetero) is 1. The molecule has 0 aliphatic rings. The topological polar surface area (TPSA) is 157 Å². The minimum Gasteiger partial charge on any atom is -0.494 e. The molecule has 0 saturated carbocycles. The molecule has 0 unspecified atom stereocenters. The molecule has 4 heterocycles. The zero-order chi connectivity index (χ0) is 30.0. The Kier molecular flexibility index (Phi) is 7.91. The summed E-state index contributed by atoms with van der Waals surface area (Å²) in [4.78, 5) is 40.4. The molecule has 0 fully saturated rings. The highest BCUT2D eigenvalue weighted by Gasteiger charge is 2.25. The molecule has 1 aromatic carbocycles. The van der Waals surface area contributed by atoms with Gasteiger partial charge in [-0.05, 0) is 50.5 Å². The molecule has 0 bridgehead atoms. The zero-order valence-electron chi connectivity index (χ0n) is 23.6. The van der Waals surface area contributed by atoms with Crippen LogP contribution in [-0.4, -0.2) is 71.6 Å². The average Bonchev–Trinajstić information content (AvgIpc) is 3.68. The third-order valence-corrected chi connectivity index (χ3v) is 7.30. The van der Waals surface area contributed by atoms with Crippen molar-refractivity contribution in [2.24, 2.45) is 0 Å². The van der Waals surface area contributed by atoms with E-state index in [9.17, 15) is 14.0 Å². The molecule has 0 spiro atoms. The van der Waals surface area contributed by atoms with Crippen molar-refractivity contribution in [3.8, 4) is 28.1 Å². The van der Waals surface area contributed by atoms with E-state index >= 15 is 0 Å². The number of aromatic amines is 1. The first-order valence-corrected chi connectivity index (χ1v) is 13.3. The van der Waals surface area contributed by atoms with Gasteiger partial charge in [-0.2, -0.15) is 14.7 Å². The van der Waals surface area contributed by atoms with E-state index in [0.717, 1.165) is 5.56 Å². The number of amides is 1. The van der Waals surface area contributed by atoms with Crippen molar-refractivity contribution in [1.82, 2.24) is 39.7 Å². The number of benzene rings is 1. The smallest absolute Gasteiger partial charge is 0.291 e. The Bertz CT molecular complexity index is 1750. The van der Waals surface area contributed by atoms with Crippen molar-refractivity contribution in [2.45, 2.75) is 39.2 Å². The van der Waals surface area contributed by atoms with Gasteiger partial charge in [-0.1, -0.05) is 13.0 Å². The minimum absolute atomic E-state index is 0.148. The first kappa shape index (κ1) is 28.3. The van der Waals surface area contributed by atoms with E-state index < -0.39 is 5.82 Å². The van der Waals surface area contributed by atoms with E-state index in [1.165, 1.54) is 30.9 Å². The Labute approximate surface area is 240 Å². The number of nitrogens with one attached hydrogen (secondary N) is 1. The Morgan fingerprint density at radius 3 is 2.57 bits per heavy atom. The van der Waals surface area contributed by atoms with Crippen LogP contribution in [-0.2, 0) is 6.42 Å². The van der Waals surface area contributed by atoms with Crippen LogP contribution in [0, 0.1) is 5.82 Å². The highest BCUT2D eigenvalue weighted by Crippen LogP contribution is 2.30. The molecule has 5 rings (SSSR count).